The first-order valence-corrected chi connectivity index (χ1v) is 10.1. The van der Waals surface area contributed by atoms with Crippen LogP contribution in [-0.4, -0.2) is 39.0 Å². The van der Waals surface area contributed by atoms with Crippen LogP contribution in [0, 0.1) is 6.92 Å². The van der Waals surface area contributed by atoms with Crippen molar-refractivity contribution in [3.63, 3.8) is 0 Å². The highest BCUT2D eigenvalue weighted by molar-refractivity contribution is 6.04. The predicted molar refractivity (Wildman–Crippen MR) is 119 cm³/mol. The standard InChI is InChI=1S/C23H17F3N6O3/c1-12-3-4-13(23(24,25)26)9-16(12)20(33)30-22-29-18-10-14(5-6-17(18)31-32-22)35-15-7-8-28-19(11-15)21(34)27-2/h3-11H,1-2H3,(H,27,34)(H,29,30,32,33). The van der Waals surface area contributed by atoms with Crippen LogP contribution >= 0.6 is 0 Å². The highest BCUT2D eigenvalue weighted by atomic mass is 19.4. The van der Waals surface area contributed by atoms with Crippen LogP contribution in [0.3, 0.4) is 0 Å². The molecule has 0 saturated carbocycles. The predicted octanol–water partition coefficient (Wildman–Crippen LogP) is 4.15. The second kappa shape index (κ2) is 9.33. The topological polar surface area (TPSA) is 119 Å². The number of alkyl halides is 3. The maximum Gasteiger partial charge on any atom is 0.416 e. The van der Waals surface area contributed by atoms with E-state index in [1.165, 1.54) is 38.4 Å². The molecule has 2 heterocycles. The fraction of sp³-hybridized carbons (Fsp3) is 0.130. The fourth-order valence-corrected chi connectivity index (χ4v) is 3.11. The number of rotatable bonds is 5. The number of benzene rings is 2. The van der Waals surface area contributed by atoms with Crippen LogP contribution in [0.25, 0.3) is 11.0 Å². The number of hydrogen-bond acceptors (Lipinski definition) is 7. The molecule has 0 fully saturated rings. The first kappa shape index (κ1) is 23.5. The molecule has 2 amide bonds. The Hall–Kier alpha value is -4.61. The Kier molecular flexibility index (Phi) is 6.28. The summed E-state index contributed by atoms with van der Waals surface area (Å²) in [4.78, 5) is 32.6. The van der Waals surface area contributed by atoms with Crippen LogP contribution in [0.2, 0.25) is 0 Å². The lowest BCUT2D eigenvalue weighted by molar-refractivity contribution is -0.137. The van der Waals surface area contributed by atoms with E-state index in [4.69, 9.17) is 4.74 Å². The SMILES string of the molecule is CNC(=O)c1cc(Oc2ccc3nnc(NC(=O)c4cc(C(F)(F)F)ccc4C)nc3c2)ccn1. The summed E-state index contributed by atoms with van der Waals surface area (Å²) in [5, 5.41) is 12.6. The van der Waals surface area contributed by atoms with E-state index in [0.717, 1.165) is 12.1 Å². The molecule has 4 rings (SSSR count). The third-order valence-electron chi connectivity index (χ3n) is 4.89. The highest BCUT2D eigenvalue weighted by Gasteiger charge is 2.31. The summed E-state index contributed by atoms with van der Waals surface area (Å²) in [6, 6.07) is 10.7. The molecule has 0 aliphatic heterocycles. The van der Waals surface area contributed by atoms with Crippen LogP contribution in [0.4, 0.5) is 19.1 Å². The van der Waals surface area contributed by atoms with E-state index in [1.807, 2.05) is 0 Å². The van der Waals surface area contributed by atoms with Crippen LogP contribution < -0.4 is 15.4 Å². The lowest BCUT2D eigenvalue weighted by Gasteiger charge is -2.11. The number of pyridine rings is 1. The number of carbonyl (C=O) groups excluding carboxylic acids is 2. The first-order valence-electron chi connectivity index (χ1n) is 10.1. The number of anilines is 1. The van der Waals surface area contributed by atoms with Crippen molar-refractivity contribution < 1.29 is 27.5 Å². The number of nitrogens with one attached hydrogen (secondary N) is 2. The number of amides is 2. The van der Waals surface area contributed by atoms with Crippen molar-refractivity contribution in [3.8, 4) is 11.5 Å². The van der Waals surface area contributed by atoms with Crippen LogP contribution in [0.5, 0.6) is 11.5 Å². The Morgan fingerprint density at radius 3 is 2.43 bits per heavy atom. The molecular weight excluding hydrogens is 465 g/mol. The molecule has 4 aromatic rings. The number of ether oxygens (including phenoxy) is 1. The average molecular weight is 482 g/mol. The minimum absolute atomic E-state index is 0.162. The van der Waals surface area contributed by atoms with E-state index in [-0.39, 0.29) is 23.1 Å². The Morgan fingerprint density at radius 1 is 0.914 bits per heavy atom. The fourth-order valence-electron chi connectivity index (χ4n) is 3.11. The Bertz CT molecular complexity index is 1440. The zero-order valence-electron chi connectivity index (χ0n) is 18.3. The smallest absolute Gasteiger partial charge is 0.416 e. The van der Waals surface area contributed by atoms with Gasteiger partial charge in [0.15, 0.2) is 0 Å². The molecule has 2 N–H and O–H groups in total. The minimum Gasteiger partial charge on any atom is -0.457 e. The third kappa shape index (κ3) is 5.32. The molecule has 2 aromatic carbocycles. The van der Waals surface area contributed by atoms with E-state index in [1.54, 1.807) is 18.2 Å². The molecule has 9 nitrogen and oxygen atoms in total. The summed E-state index contributed by atoms with van der Waals surface area (Å²) in [6.07, 6.45) is -3.16. The normalized spacial score (nSPS) is 11.2. The van der Waals surface area contributed by atoms with Gasteiger partial charge in [-0.15, -0.1) is 10.2 Å². The van der Waals surface area contributed by atoms with Gasteiger partial charge in [0.2, 0.25) is 5.95 Å². The van der Waals surface area contributed by atoms with Gasteiger partial charge in [-0.25, -0.2) is 4.98 Å². The molecule has 0 radical (unpaired) electrons. The van der Waals surface area contributed by atoms with Gasteiger partial charge in [-0.05, 0) is 42.8 Å². The van der Waals surface area contributed by atoms with Crippen molar-refractivity contribution in [2.24, 2.45) is 0 Å². The molecule has 0 aliphatic rings. The number of carbonyl (C=O) groups is 2. The molecule has 2 aromatic heterocycles. The maximum atomic E-state index is 13.0. The van der Waals surface area contributed by atoms with Gasteiger partial charge in [0.1, 0.15) is 22.7 Å². The zero-order valence-corrected chi connectivity index (χ0v) is 18.3. The van der Waals surface area contributed by atoms with E-state index >= 15 is 0 Å². The van der Waals surface area contributed by atoms with Crippen LogP contribution in [-0.2, 0) is 6.18 Å². The minimum atomic E-state index is -4.59. The van der Waals surface area contributed by atoms with Gasteiger partial charge < -0.3 is 10.1 Å². The van der Waals surface area contributed by atoms with Crippen molar-refractivity contribution in [3.05, 3.63) is 77.1 Å². The number of aromatic nitrogens is 4. The number of halogens is 3. The van der Waals surface area contributed by atoms with E-state index in [2.05, 4.69) is 30.8 Å². The van der Waals surface area contributed by atoms with Crippen molar-refractivity contribution >= 4 is 28.8 Å². The number of fused-ring (bicyclic) bond motifs is 1. The molecule has 0 spiro atoms. The molecule has 0 atom stereocenters. The highest BCUT2D eigenvalue weighted by Crippen LogP contribution is 2.31. The number of hydrogen-bond donors (Lipinski definition) is 2. The summed E-state index contributed by atoms with van der Waals surface area (Å²) < 4.78 is 44.9. The van der Waals surface area contributed by atoms with Gasteiger partial charge in [0, 0.05) is 30.9 Å². The Labute approximate surface area is 196 Å². The Balaban J connectivity index is 1.57. The lowest BCUT2D eigenvalue weighted by Crippen LogP contribution is -2.18. The summed E-state index contributed by atoms with van der Waals surface area (Å²) in [5.74, 6) is -0.656. The molecule has 178 valence electrons. The van der Waals surface area contributed by atoms with Gasteiger partial charge in [-0.1, -0.05) is 6.07 Å². The van der Waals surface area contributed by atoms with Gasteiger partial charge >= 0.3 is 6.18 Å². The van der Waals surface area contributed by atoms with Gasteiger partial charge in [0.25, 0.3) is 11.8 Å². The summed E-state index contributed by atoms with van der Waals surface area (Å²) in [5.41, 5.74) is 0.132. The average Bonchev–Trinajstić information content (AvgIpc) is 2.83. The van der Waals surface area contributed by atoms with Crippen LogP contribution in [0.15, 0.2) is 54.7 Å². The lowest BCUT2D eigenvalue weighted by atomic mass is 10.0. The van der Waals surface area contributed by atoms with E-state index in [9.17, 15) is 22.8 Å². The van der Waals surface area contributed by atoms with Gasteiger partial charge in [0.05, 0.1) is 11.1 Å². The van der Waals surface area contributed by atoms with Gasteiger partial charge in [-0.2, -0.15) is 13.2 Å². The second-order valence-electron chi connectivity index (χ2n) is 7.33. The first-order chi connectivity index (χ1) is 16.6. The monoisotopic (exact) mass is 482 g/mol. The quantitative estimate of drug-likeness (QED) is 0.439. The summed E-state index contributed by atoms with van der Waals surface area (Å²) in [6.45, 7) is 1.52. The maximum absolute atomic E-state index is 13.0. The summed E-state index contributed by atoms with van der Waals surface area (Å²) in [7, 11) is 1.48. The Morgan fingerprint density at radius 2 is 1.69 bits per heavy atom. The third-order valence-corrected chi connectivity index (χ3v) is 4.89. The van der Waals surface area contributed by atoms with E-state index in [0.29, 0.717) is 28.1 Å². The second-order valence-corrected chi connectivity index (χ2v) is 7.33. The number of nitrogens with zero attached hydrogens (tertiary/aromatic N) is 4. The van der Waals surface area contributed by atoms with Crippen molar-refractivity contribution in [2.75, 3.05) is 12.4 Å². The molecule has 35 heavy (non-hydrogen) atoms. The molecule has 0 unspecified atom stereocenters. The van der Waals surface area contributed by atoms with Crippen molar-refractivity contribution in [1.82, 2.24) is 25.5 Å². The van der Waals surface area contributed by atoms with Crippen molar-refractivity contribution in [1.29, 1.82) is 0 Å². The largest absolute Gasteiger partial charge is 0.457 e. The molecule has 0 saturated heterocycles. The van der Waals surface area contributed by atoms with E-state index < -0.39 is 17.6 Å². The molecule has 0 aliphatic carbocycles. The molecule has 0 bridgehead atoms. The van der Waals surface area contributed by atoms with Gasteiger partial charge in [-0.3, -0.25) is 19.9 Å². The molecular formula is C23H17F3N6O3. The van der Waals surface area contributed by atoms with Crippen LogP contribution in [0.1, 0.15) is 32.0 Å². The summed E-state index contributed by atoms with van der Waals surface area (Å²) >= 11 is 0. The van der Waals surface area contributed by atoms with Crippen molar-refractivity contribution in [2.45, 2.75) is 13.1 Å². The number of aryl methyl sites for hydroxylation is 1. The zero-order chi connectivity index (χ0) is 25.2. The molecule has 12 heteroatoms.